The number of hydrogen-bond donors (Lipinski definition) is 1. The van der Waals surface area contributed by atoms with Gasteiger partial charge >= 0.3 is 0 Å². The third-order valence-corrected chi connectivity index (χ3v) is 8.18. The van der Waals surface area contributed by atoms with E-state index in [4.69, 9.17) is 9.72 Å². The summed E-state index contributed by atoms with van der Waals surface area (Å²) >= 11 is 0. The standard InChI is InChI=1S/C26H38N4O/c1-24(2,3)23-18-20(21-9-15-29-30(21)23)27-16-12-25(22-8-4-7-14-28-22)13-17-31-26(19-25)10-5-6-11-26/h4,7-9,14-15,20,23,27H,5-6,10-13,16-19H2,1-3H3/t20-,23+,25+/m0/s1. The third-order valence-electron chi connectivity index (χ3n) is 8.18. The fourth-order valence-corrected chi connectivity index (χ4v) is 6.49. The van der Waals surface area contributed by atoms with Gasteiger partial charge in [-0.2, -0.15) is 5.10 Å². The smallest absolute Gasteiger partial charge is 0.0691 e. The highest BCUT2D eigenvalue weighted by Crippen LogP contribution is 2.50. The second-order valence-electron chi connectivity index (χ2n) is 11.2. The van der Waals surface area contributed by atoms with Crippen LogP contribution in [0.1, 0.15) is 95.6 Å². The molecule has 5 heteroatoms. The number of hydrogen-bond acceptors (Lipinski definition) is 4. The number of fused-ring (bicyclic) bond motifs is 1. The highest BCUT2D eigenvalue weighted by molar-refractivity contribution is 5.21. The first kappa shape index (κ1) is 21.1. The first-order valence-electron chi connectivity index (χ1n) is 12.2. The Balaban J connectivity index is 1.32. The molecule has 1 N–H and O–H groups in total. The van der Waals surface area contributed by atoms with Crippen molar-refractivity contribution in [3.8, 4) is 0 Å². The summed E-state index contributed by atoms with van der Waals surface area (Å²) in [5.41, 5.74) is 3.00. The van der Waals surface area contributed by atoms with Crippen molar-refractivity contribution in [2.24, 2.45) is 5.41 Å². The molecule has 2 aromatic heterocycles. The molecule has 0 aromatic carbocycles. The fourth-order valence-electron chi connectivity index (χ4n) is 6.49. The zero-order valence-corrected chi connectivity index (χ0v) is 19.4. The largest absolute Gasteiger partial charge is 0.375 e. The monoisotopic (exact) mass is 422 g/mol. The average molecular weight is 423 g/mol. The predicted molar refractivity (Wildman–Crippen MR) is 123 cm³/mol. The molecule has 2 fully saturated rings. The van der Waals surface area contributed by atoms with Crippen LogP contribution in [0.4, 0.5) is 0 Å². The molecule has 5 nitrogen and oxygen atoms in total. The molecule has 168 valence electrons. The molecule has 1 spiro atoms. The van der Waals surface area contributed by atoms with Crippen LogP contribution in [0, 0.1) is 5.41 Å². The molecule has 1 saturated heterocycles. The maximum absolute atomic E-state index is 6.41. The third kappa shape index (κ3) is 3.95. The van der Waals surface area contributed by atoms with Crippen molar-refractivity contribution < 1.29 is 4.74 Å². The van der Waals surface area contributed by atoms with Crippen LogP contribution < -0.4 is 5.32 Å². The van der Waals surface area contributed by atoms with Gasteiger partial charge in [-0.3, -0.25) is 9.67 Å². The van der Waals surface area contributed by atoms with Crippen molar-refractivity contribution in [3.05, 3.63) is 48.0 Å². The molecule has 4 heterocycles. The highest BCUT2D eigenvalue weighted by atomic mass is 16.5. The Morgan fingerprint density at radius 3 is 2.71 bits per heavy atom. The molecule has 0 amide bonds. The number of rotatable bonds is 5. The SMILES string of the molecule is CC(C)(C)[C@H]1C[C@H](NCC[C@@]2(c3ccccn3)CCOC3(CCCC3)C2)c2ccnn21. The van der Waals surface area contributed by atoms with Gasteiger partial charge in [0.05, 0.1) is 23.4 Å². The molecule has 31 heavy (non-hydrogen) atoms. The highest BCUT2D eigenvalue weighted by Gasteiger charge is 2.48. The molecule has 0 unspecified atom stereocenters. The average Bonchev–Trinajstić information content (AvgIpc) is 3.47. The Kier molecular flexibility index (Phi) is 5.46. The molecule has 2 aliphatic heterocycles. The molecule has 0 radical (unpaired) electrons. The van der Waals surface area contributed by atoms with Crippen LogP contribution in [-0.4, -0.2) is 33.5 Å². The molecular weight excluding hydrogens is 384 g/mol. The Labute approximate surface area is 187 Å². The first-order valence-corrected chi connectivity index (χ1v) is 12.2. The summed E-state index contributed by atoms with van der Waals surface area (Å²) in [6.45, 7) is 8.83. The van der Waals surface area contributed by atoms with Crippen molar-refractivity contribution in [2.45, 2.75) is 95.2 Å². The topological polar surface area (TPSA) is 52.0 Å². The maximum atomic E-state index is 6.41. The summed E-state index contributed by atoms with van der Waals surface area (Å²) in [7, 11) is 0. The van der Waals surface area contributed by atoms with Crippen LogP contribution in [0.3, 0.4) is 0 Å². The molecule has 1 aliphatic carbocycles. The van der Waals surface area contributed by atoms with Crippen molar-refractivity contribution in [2.75, 3.05) is 13.2 Å². The molecule has 0 bridgehead atoms. The Morgan fingerprint density at radius 2 is 1.97 bits per heavy atom. The van der Waals surface area contributed by atoms with Gasteiger partial charge < -0.3 is 10.1 Å². The van der Waals surface area contributed by atoms with Gasteiger partial charge in [0.2, 0.25) is 0 Å². The zero-order chi connectivity index (χ0) is 21.5. The van der Waals surface area contributed by atoms with Crippen molar-refractivity contribution in [3.63, 3.8) is 0 Å². The van der Waals surface area contributed by atoms with Crippen molar-refractivity contribution in [1.82, 2.24) is 20.1 Å². The number of pyridine rings is 1. The van der Waals surface area contributed by atoms with Gasteiger partial charge in [-0.25, -0.2) is 0 Å². The van der Waals surface area contributed by atoms with Gasteiger partial charge in [-0.1, -0.05) is 39.7 Å². The van der Waals surface area contributed by atoms with E-state index in [0.29, 0.717) is 12.1 Å². The van der Waals surface area contributed by atoms with Crippen molar-refractivity contribution in [1.29, 1.82) is 0 Å². The van der Waals surface area contributed by atoms with Gasteiger partial charge in [0.15, 0.2) is 0 Å². The second-order valence-corrected chi connectivity index (χ2v) is 11.2. The summed E-state index contributed by atoms with van der Waals surface area (Å²) in [5.74, 6) is 0. The molecular formula is C26H38N4O. The Bertz CT molecular complexity index is 880. The summed E-state index contributed by atoms with van der Waals surface area (Å²) in [5, 5.41) is 8.57. The zero-order valence-electron chi connectivity index (χ0n) is 19.4. The summed E-state index contributed by atoms with van der Waals surface area (Å²) in [4.78, 5) is 4.85. The van der Waals surface area contributed by atoms with Crippen LogP contribution in [0.2, 0.25) is 0 Å². The minimum Gasteiger partial charge on any atom is -0.375 e. The van der Waals surface area contributed by atoms with Crippen LogP contribution in [-0.2, 0) is 10.2 Å². The lowest BCUT2D eigenvalue weighted by molar-refractivity contribution is -0.104. The minimum atomic E-state index is 0.0824. The molecule has 1 saturated carbocycles. The lowest BCUT2D eigenvalue weighted by atomic mass is 9.68. The quantitative estimate of drug-likeness (QED) is 0.706. The molecule has 2 aromatic rings. The van der Waals surface area contributed by atoms with E-state index in [1.165, 1.54) is 37.1 Å². The van der Waals surface area contributed by atoms with E-state index in [0.717, 1.165) is 38.8 Å². The Morgan fingerprint density at radius 1 is 1.13 bits per heavy atom. The van der Waals surface area contributed by atoms with Crippen LogP contribution in [0.5, 0.6) is 0 Å². The van der Waals surface area contributed by atoms with Crippen LogP contribution >= 0.6 is 0 Å². The number of nitrogens with zero attached hydrogens (tertiary/aromatic N) is 3. The van der Waals surface area contributed by atoms with E-state index < -0.39 is 0 Å². The van der Waals surface area contributed by atoms with E-state index in [1.54, 1.807) is 0 Å². The molecule has 5 rings (SSSR count). The number of ether oxygens (including phenoxy) is 1. The van der Waals surface area contributed by atoms with Gasteiger partial charge in [-0.15, -0.1) is 0 Å². The van der Waals surface area contributed by atoms with Crippen LogP contribution in [0.15, 0.2) is 36.7 Å². The summed E-state index contributed by atoms with van der Waals surface area (Å²) in [6, 6.07) is 9.45. The predicted octanol–water partition coefficient (Wildman–Crippen LogP) is 5.35. The van der Waals surface area contributed by atoms with E-state index in [9.17, 15) is 0 Å². The first-order chi connectivity index (χ1) is 14.9. The maximum Gasteiger partial charge on any atom is 0.0691 e. The molecule has 3 atom stereocenters. The lowest BCUT2D eigenvalue weighted by Crippen LogP contribution is -2.47. The van der Waals surface area contributed by atoms with Gasteiger partial charge in [0, 0.05) is 30.1 Å². The summed E-state index contributed by atoms with van der Waals surface area (Å²) in [6.07, 6.45) is 13.4. The van der Waals surface area contributed by atoms with E-state index in [2.05, 4.69) is 54.1 Å². The van der Waals surface area contributed by atoms with Gasteiger partial charge in [0.1, 0.15) is 0 Å². The number of nitrogens with one attached hydrogen (secondary N) is 1. The molecule has 3 aliphatic rings. The summed E-state index contributed by atoms with van der Waals surface area (Å²) < 4.78 is 8.67. The fraction of sp³-hybridized carbons (Fsp3) is 0.692. The van der Waals surface area contributed by atoms with E-state index in [-0.39, 0.29) is 16.4 Å². The number of aromatic nitrogens is 3. The van der Waals surface area contributed by atoms with Crippen molar-refractivity contribution >= 4 is 0 Å². The van der Waals surface area contributed by atoms with Gasteiger partial charge in [0.25, 0.3) is 0 Å². The Hall–Kier alpha value is -1.72. The normalized spacial score (nSPS) is 30.0. The van der Waals surface area contributed by atoms with E-state index in [1.807, 2.05) is 18.5 Å². The lowest BCUT2D eigenvalue weighted by Gasteiger charge is -2.46. The van der Waals surface area contributed by atoms with Crippen LogP contribution in [0.25, 0.3) is 0 Å². The minimum absolute atomic E-state index is 0.0824. The van der Waals surface area contributed by atoms with E-state index >= 15 is 0 Å². The van der Waals surface area contributed by atoms with Gasteiger partial charge in [-0.05, 0) is 68.7 Å². The second kappa shape index (κ2) is 8.00.